The molecule has 3 aromatic rings. The molecule has 0 spiro atoms. The number of thioether (sulfide) groups is 1. The highest BCUT2D eigenvalue weighted by Gasteiger charge is 2.33. The van der Waals surface area contributed by atoms with Gasteiger partial charge in [-0.15, -0.1) is 0 Å². The molecule has 178 valence electrons. The first kappa shape index (κ1) is 24.5. The number of hydrogen-bond donors (Lipinski definition) is 1. The number of nitrogens with one attached hydrogen (secondary N) is 1. The smallest absolute Gasteiger partial charge is 0.270 e. The number of rotatable bonds is 7. The molecule has 0 atom stereocenters. The lowest BCUT2D eigenvalue weighted by Crippen LogP contribution is -2.27. The molecule has 1 aliphatic rings. The number of ether oxygens (including phenoxy) is 2. The number of carbonyl (C=O) groups excluding carboxylic acids is 2. The number of amides is 2. The van der Waals surface area contributed by atoms with Crippen LogP contribution in [-0.4, -0.2) is 29.9 Å². The highest BCUT2D eigenvalue weighted by atomic mass is 32.2. The van der Waals surface area contributed by atoms with E-state index in [1.54, 1.807) is 49.6 Å². The number of carbonyl (C=O) groups is 2. The fraction of sp³-hybridized carbons (Fsp3) is 0.148. The normalized spacial score (nSPS) is 14.4. The van der Waals surface area contributed by atoms with Crippen LogP contribution < -0.4 is 19.7 Å². The van der Waals surface area contributed by atoms with E-state index in [4.69, 9.17) is 21.7 Å². The second kappa shape index (κ2) is 10.8. The number of thiocarbonyl (C=S) groups is 1. The molecule has 0 bridgehead atoms. The molecule has 1 heterocycles. The second-order valence-corrected chi connectivity index (χ2v) is 9.60. The number of nitrogens with zero attached hydrogens (tertiary/aromatic N) is 1. The number of methoxy groups -OCH3 is 1. The summed E-state index contributed by atoms with van der Waals surface area (Å²) in [6, 6.07) is 20.1. The first-order chi connectivity index (χ1) is 16.8. The lowest BCUT2D eigenvalue weighted by atomic mass is 10.1. The van der Waals surface area contributed by atoms with Crippen LogP contribution >= 0.6 is 24.0 Å². The SMILES string of the molecule is COc1ccc(N2C(=O)/C(=C\c3cccc(OCC(=O)Nc4ccc(C)c(C)c4)c3)SC2=S)cc1. The molecule has 8 heteroatoms. The molecule has 0 radical (unpaired) electrons. The van der Waals surface area contributed by atoms with Gasteiger partial charge in [0.15, 0.2) is 10.9 Å². The monoisotopic (exact) mass is 504 g/mol. The summed E-state index contributed by atoms with van der Waals surface area (Å²) in [5.74, 6) is 0.789. The third-order valence-electron chi connectivity index (χ3n) is 5.44. The standard InChI is InChI=1S/C27H24N2O4S2/c1-17-7-8-20(13-18(17)2)28-25(30)16-33-23-6-4-5-19(14-23)15-24-26(31)29(27(34)35-24)21-9-11-22(32-3)12-10-21/h4-15H,16H2,1-3H3,(H,28,30)/b24-15+. The van der Waals surface area contributed by atoms with Crippen LogP contribution in [0, 0.1) is 13.8 Å². The summed E-state index contributed by atoms with van der Waals surface area (Å²) in [4.78, 5) is 27.4. The van der Waals surface area contributed by atoms with Gasteiger partial charge in [0, 0.05) is 5.69 Å². The molecule has 6 nitrogen and oxygen atoms in total. The van der Waals surface area contributed by atoms with Crippen molar-refractivity contribution in [3.63, 3.8) is 0 Å². The Bertz CT molecular complexity index is 1320. The molecule has 0 unspecified atom stereocenters. The molecular weight excluding hydrogens is 480 g/mol. The van der Waals surface area contributed by atoms with Crippen molar-refractivity contribution >= 4 is 57.6 Å². The molecule has 0 aliphatic carbocycles. The van der Waals surface area contributed by atoms with E-state index < -0.39 is 0 Å². The number of hydrogen-bond acceptors (Lipinski definition) is 6. The second-order valence-electron chi connectivity index (χ2n) is 7.92. The zero-order chi connectivity index (χ0) is 24.9. The van der Waals surface area contributed by atoms with Crippen molar-refractivity contribution in [2.24, 2.45) is 0 Å². The first-order valence-corrected chi connectivity index (χ1v) is 12.1. The minimum Gasteiger partial charge on any atom is -0.497 e. The lowest BCUT2D eigenvalue weighted by Gasteiger charge is -2.14. The van der Waals surface area contributed by atoms with Crippen molar-refractivity contribution in [2.75, 3.05) is 23.9 Å². The minimum atomic E-state index is -0.251. The molecule has 2 amide bonds. The number of anilines is 2. The molecule has 35 heavy (non-hydrogen) atoms. The summed E-state index contributed by atoms with van der Waals surface area (Å²) in [5.41, 5.74) is 4.45. The van der Waals surface area contributed by atoms with E-state index in [1.807, 2.05) is 44.2 Å². The zero-order valence-corrected chi connectivity index (χ0v) is 21.2. The predicted molar refractivity (Wildman–Crippen MR) is 145 cm³/mol. The Morgan fingerprint density at radius 2 is 1.80 bits per heavy atom. The largest absolute Gasteiger partial charge is 0.497 e. The Hall–Kier alpha value is -3.62. The van der Waals surface area contributed by atoms with E-state index in [9.17, 15) is 9.59 Å². The van der Waals surface area contributed by atoms with Crippen LogP contribution in [-0.2, 0) is 9.59 Å². The molecule has 3 aromatic carbocycles. The molecule has 1 fully saturated rings. The van der Waals surface area contributed by atoms with Gasteiger partial charge in [-0.05, 0) is 85.1 Å². The van der Waals surface area contributed by atoms with Gasteiger partial charge in [-0.2, -0.15) is 0 Å². The molecule has 0 saturated carbocycles. The van der Waals surface area contributed by atoms with Crippen molar-refractivity contribution in [3.8, 4) is 11.5 Å². The average molecular weight is 505 g/mol. The van der Waals surface area contributed by atoms with Crippen molar-refractivity contribution in [2.45, 2.75) is 13.8 Å². The number of benzene rings is 3. The van der Waals surface area contributed by atoms with Gasteiger partial charge < -0.3 is 14.8 Å². The van der Waals surface area contributed by atoms with Gasteiger partial charge in [0.2, 0.25) is 0 Å². The maximum absolute atomic E-state index is 13.0. The Kier molecular flexibility index (Phi) is 7.53. The molecule has 1 N–H and O–H groups in total. The van der Waals surface area contributed by atoms with E-state index in [2.05, 4.69) is 5.32 Å². The Morgan fingerprint density at radius 3 is 2.51 bits per heavy atom. The van der Waals surface area contributed by atoms with Crippen LogP contribution in [0.1, 0.15) is 16.7 Å². The van der Waals surface area contributed by atoms with E-state index in [-0.39, 0.29) is 18.4 Å². The summed E-state index contributed by atoms with van der Waals surface area (Å²) < 4.78 is 11.3. The predicted octanol–water partition coefficient (Wildman–Crippen LogP) is 5.74. The van der Waals surface area contributed by atoms with Crippen molar-refractivity contribution in [1.29, 1.82) is 0 Å². The molecule has 1 saturated heterocycles. The molecule has 0 aromatic heterocycles. The van der Waals surface area contributed by atoms with Crippen LogP contribution in [0.2, 0.25) is 0 Å². The third kappa shape index (κ3) is 5.90. The highest BCUT2D eigenvalue weighted by molar-refractivity contribution is 8.27. The van der Waals surface area contributed by atoms with E-state index in [1.165, 1.54) is 16.7 Å². The Balaban J connectivity index is 1.41. The van der Waals surface area contributed by atoms with Crippen molar-refractivity contribution in [3.05, 3.63) is 88.3 Å². The van der Waals surface area contributed by atoms with Crippen LogP contribution in [0.15, 0.2) is 71.6 Å². The summed E-state index contributed by atoms with van der Waals surface area (Å²) in [5, 5.41) is 2.84. The summed E-state index contributed by atoms with van der Waals surface area (Å²) in [7, 11) is 1.59. The van der Waals surface area contributed by atoms with Crippen molar-refractivity contribution < 1.29 is 19.1 Å². The maximum Gasteiger partial charge on any atom is 0.270 e. The summed E-state index contributed by atoms with van der Waals surface area (Å²) in [6.07, 6.45) is 1.77. The Morgan fingerprint density at radius 1 is 1.03 bits per heavy atom. The fourth-order valence-corrected chi connectivity index (χ4v) is 4.73. The summed E-state index contributed by atoms with van der Waals surface area (Å²) >= 11 is 6.69. The quantitative estimate of drug-likeness (QED) is 0.327. The number of aryl methyl sites for hydroxylation is 2. The molecule has 4 rings (SSSR count). The average Bonchev–Trinajstić information content (AvgIpc) is 3.13. The van der Waals surface area contributed by atoms with Crippen LogP contribution in [0.25, 0.3) is 6.08 Å². The lowest BCUT2D eigenvalue weighted by molar-refractivity contribution is -0.118. The van der Waals surface area contributed by atoms with Gasteiger partial charge in [-0.3, -0.25) is 14.5 Å². The first-order valence-electron chi connectivity index (χ1n) is 10.9. The van der Waals surface area contributed by atoms with Crippen LogP contribution in [0.5, 0.6) is 11.5 Å². The van der Waals surface area contributed by atoms with Crippen molar-refractivity contribution in [1.82, 2.24) is 0 Å². The van der Waals surface area contributed by atoms with Gasteiger partial charge in [0.1, 0.15) is 11.5 Å². The van der Waals surface area contributed by atoms with E-state index in [0.717, 1.165) is 22.4 Å². The maximum atomic E-state index is 13.0. The fourth-order valence-electron chi connectivity index (χ4n) is 3.43. The van der Waals surface area contributed by atoms with Crippen LogP contribution in [0.4, 0.5) is 11.4 Å². The van der Waals surface area contributed by atoms with E-state index in [0.29, 0.717) is 26.4 Å². The van der Waals surface area contributed by atoms with Gasteiger partial charge in [-0.25, -0.2) is 0 Å². The summed E-state index contributed by atoms with van der Waals surface area (Å²) in [6.45, 7) is 3.89. The Labute approximate surface area is 213 Å². The van der Waals surface area contributed by atoms with Gasteiger partial charge >= 0.3 is 0 Å². The topological polar surface area (TPSA) is 67.9 Å². The van der Waals surface area contributed by atoms with E-state index >= 15 is 0 Å². The van der Waals surface area contributed by atoms with Gasteiger partial charge in [-0.1, -0.05) is 42.2 Å². The minimum absolute atomic E-state index is 0.129. The van der Waals surface area contributed by atoms with Gasteiger partial charge in [0.25, 0.3) is 11.8 Å². The van der Waals surface area contributed by atoms with Crippen LogP contribution in [0.3, 0.4) is 0 Å². The highest BCUT2D eigenvalue weighted by Crippen LogP contribution is 2.36. The molecular formula is C27H24N2O4S2. The third-order valence-corrected chi connectivity index (χ3v) is 6.74. The molecule has 1 aliphatic heterocycles. The zero-order valence-electron chi connectivity index (χ0n) is 19.5. The van der Waals surface area contributed by atoms with Gasteiger partial charge in [0.05, 0.1) is 17.7 Å².